The zero-order valence-electron chi connectivity index (χ0n) is 15.3. The summed E-state index contributed by atoms with van der Waals surface area (Å²) in [6.07, 6.45) is 0.664. The van der Waals surface area contributed by atoms with Crippen LogP contribution >= 0.6 is 0 Å². The SMILES string of the molecule is C[C@@H](N)C(=O)N1CCc2onc(C(c3ccccc3)c3ccccc3)c2C1. The summed E-state index contributed by atoms with van der Waals surface area (Å²) in [5, 5.41) is 4.45. The summed E-state index contributed by atoms with van der Waals surface area (Å²) < 4.78 is 5.68. The third-order valence-corrected chi connectivity index (χ3v) is 5.10. The Bertz CT molecular complexity index is 880. The van der Waals surface area contributed by atoms with Gasteiger partial charge in [0.2, 0.25) is 5.91 Å². The molecule has 0 radical (unpaired) electrons. The molecular weight excluding hydrogens is 338 g/mol. The number of hydrogen-bond acceptors (Lipinski definition) is 4. The Morgan fingerprint density at radius 3 is 2.22 bits per heavy atom. The van der Waals surface area contributed by atoms with E-state index in [0.29, 0.717) is 19.5 Å². The van der Waals surface area contributed by atoms with Gasteiger partial charge in [-0.15, -0.1) is 0 Å². The fraction of sp³-hybridized carbons (Fsp3) is 0.273. The topological polar surface area (TPSA) is 72.4 Å². The fourth-order valence-electron chi connectivity index (χ4n) is 3.73. The van der Waals surface area contributed by atoms with Crippen molar-refractivity contribution in [2.75, 3.05) is 6.54 Å². The van der Waals surface area contributed by atoms with Crippen LogP contribution in [-0.4, -0.2) is 28.6 Å². The number of fused-ring (bicyclic) bond motifs is 1. The molecule has 3 aromatic rings. The summed E-state index contributed by atoms with van der Waals surface area (Å²) in [4.78, 5) is 14.2. The van der Waals surface area contributed by atoms with Crippen molar-refractivity contribution >= 4 is 5.91 Å². The lowest BCUT2D eigenvalue weighted by molar-refractivity contribution is -0.133. The summed E-state index contributed by atoms with van der Waals surface area (Å²) in [5.74, 6) is 0.796. The number of aromatic nitrogens is 1. The molecule has 2 aromatic carbocycles. The molecule has 4 rings (SSSR count). The predicted octanol–water partition coefficient (Wildman–Crippen LogP) is 3.09. The Balaban J connectivity index is 1.77. The van der Waals surface area contributed by atoms with Gasteiger partial charge in [0, 0.05) is 18.5 Å². The minimum Gasteiger partial charge on any atom is -0.361 e. The highest BCUT2D eigenvalue weighted by Crippen LogP contribution is 2.36. The van der Waals surface area contributed by atoms with Crippen LogP contribution in [0.25, 0.3) is 0 Å². The van der Waals surface area contributed by atoms with E-state index in [2.05, 4.69) is 29.4 Å². The largest absolute Gasteiger partial charge is 0.361 e. The Morgan fingerprint density at radius 2 is 1.67 bits per heavy atom. The van der Waals surface area contributed by atoms with E-state index in [9.17, 15) is 4.79 Å². The summed E-state index contributed by atoms with van der Waals surface area (Å²) >= 11 is 0. The normalized spacial score (nSPS) is 14.9. The first-order chi connectivity index (χ1) is 13.1. The van der Waals surface area contributed by atoms with Gasteiger partial charge in [-0.3, -0.25) is 4.79 Å². The highest BCUT2D eigenvalue weighted by atomic mass is 16.5. The smallest absolute Gasteiger partial charge is 0.239 e. The Morgan fingerprint density at radius 1 is 1.07 bits per heavy atom. The molecule has 1 amide bonds. The minimum absolute atomic E-state index is 0.0368. The monoisotopic (exact) mass is 361 g/mol. The number of amides is 1. The van der Waals surface area contributed by atoms with Crippen LogP contribution in [-0.2, 0) is 17.8 Å². The van der Waals surface area contributed by atoms with E-state index in [0.717, 1.165) is 28.1 Å². The maximum atomic E-state index is 12.4. The van der Waals surface area contributed by atoms with Gasteiger partial charge in [0.1, 0.15) is 11.5 Å². The number of hydrogen-bond donors (Lipinski definition) is 1. The fourth-order valence-corrected chi connectivity index (χ4v) is 3.73. The quantitative estimate of drug-likeness (QED) is 0.775. The molecule has 0 aliphatic carbocycles. The number of carbonyl (C=O) groups excluding carboxylic acids is 1. The summed E-state index contributed by atoms with van der Waals surface area (Å²) in [7, 11) is 0. The second-order valence-electron chi connectivity index (χ2n) is 7.02. The van der Waals surface area contributed by atoms with E-state index < -0.39 is 6.04 Å². The van der Waals surface area contributed by atoms with Crippen molar-refractivity contribution in [3.05, 3.63) is 88.8 Å². The number of nitrogens with two attached hydrogens (primary N) is 1. The number of rotatable bonds is 4. The van der Waals surface area contributed by atoms with Crippen LogP contribution in [0.4, 0.5) is 0 Å². The lowest BCUT2D eigenvalue weighted by Gasteiger charge is -2.28. The first kappa shape index (κ1) is 17.5. The molecule has 1 atom stereocenters. The van der Waals surface area contributed by atoms with Crippen molar-refractivity contribution in [3.63, 3.8) is 0 Å². The molecule has 1 aliphatic heterocycles. The van der Waals surface area contributed by atoms with Gasteiger partial charge in [0.05, 0.1) is 18.5 Å². The summed E-state index contributed by atoms with van der Waals surface area (Å²) in [6.45, 7) is 2.83. The number of carbonyl (C=O) groups is 1. The molecule has 0 spiro atoms. The minimum atomic E-state index is -0.506. The Hall–Kier alpha value is -2.92. The molecule has 27 heavy (non-hydrogen) atoms. The highest BCUT2D eigenvalue weighted by molar-refractivity contribution is 5.81. The van der Waals surface area contributed by atoms with E-state index in [1.807, 2.05) is 36.4 Å². The van der Waals surface area contributed by atoms with Crippen LogP contribution in [0.1, 0.15) is 41.0 Å². The van der Waals surface area contributed by atoms with Crippen LogP contribution < -0.4 is 5.73 Å². The van der Waals surface area contributed by atoms with Crippen molar-refractivity contribution < 1.29 is 9.32 Å². The van der Waals surface area contributed by atoms with E-state index in [4.69, 9.17) is 10.3 Å². The van der Waals surface area contributed by atoms with Gasteiger partial charge in [-0.25, -0.2) is 0 Å². The van der Waals surface area contributed by atoms with Gasteiger partial charge in [0.15, 0.2) is 0 Å². The van der Waals surface area contributed by atoms with Gasteiger partial charge < -0.3 is 15.2 Å². The van der Waals surface area contributed by atoms with E-state index in [-0.39, 0.29) is 11.8 Å². The molecule has 5 nitrogen and oxygen atoms in total. The third-order valence-electron chi connectivity index (χ3n) is 5.10. The van der Waals surface area contributed by atoms with Crippen molar-refractivity contribution in [1.82, 2.24) is 10.1 Å². The highest BCUT2D eigenvalue weighted by Gasteiger charge is 2.32. The van der Waals surface area contributed by atoms with E-state index in [1.54, 1.807) is 11.8 Å². The predicted molar refractivity (Wildman–Crippen MR) is 103 cm³/mol. The molecule has 0 saturated heterocycles. The maximum Gasteiger partial charge on any atom is 0.239 e. The zero-order chi connectivity index (χ0) is 18.8. The lowest BCUT2D eigenvalue weighted by Crippen LogP contribution is -2.44. The van der Waals surface area contributed by atoms with E-state index in [1.165, 1.54) is 0 Å². The van der Waals surface area contributed by atoms with Gasteiger partial charge in [-0.2, -0.15) is 0 Å². The first-order valence-corrected chi connectivity index (χ1v) is 9.26. The van der Waals surface area contributed by atoms with Crippen LogP contribution in [0.3, 0.4) is 0 Å². The molecule has 1 aromatic heterocycles. The maximum absolute atomic E-state index is 12.4. The van der Waals surface area contributed by atoms with Crippen LogP contribution in [0.2, 0.25) is 0 Å². The number of nitrogens with zero attached hydrogens (tertiary/aromatic N) is 2. The summed E-state index contributed by atoms with van der Waals surface area (Å²) in [5.41, 5.74) is 10.00. The second kappa shape index (κ2) is 7.37. The van der Waals surface area contributed by atoms with Gasteiger partial charge in [-0.1, -0.05) is 65.8 Å². The molecule has 0 bridgehead atoms. The molecule has 138 valence electrons. The summed E-state index contributed by atoms with van der Waals surface area (Å²) in [6, 6.07) is 20.0. The average Bonchev–Trinajstić information content (AvgIpc) is 3.12. The average molecular weight is 361 g/mol. The third kappa shape index (κ3) is 3.38. The van der Waals surface area contributed by atoms with Crippen molar-refractivity contribution in [2.24, 2.45) is 5.73 Å². The molecule has 0 unspecified atom stereocenters. The van der Waals surface area contributed by atoms with Gasteiger partial charge in [-0.05, 0) is 18.1 Å². The van der Waals surface area contributed by atoms with Crippen molar-refractivity contribution in [1.29, 1.82) is 0 Å². The van der Waals surface area contributed by atoms with Crippen LogP contribution in [0.5, 0.6) is 0 Å². The lowest BCUT2D eigenvalue weighted by atomic mass is 9.85. The molecule has 1 aliphatic rings. The first-order valence-electron chi connectivity index (χ1n) is 9.26. The molecule has 0 saturated carbocycles. The standard InChI is InChI=1S/C22H23N3O2/c1-15(23)22(26)25-13-12-19-18(14-25)21(24-27-19)20(16-8-4-2-5-9-16)17-10-6-3-7-11-17/h2-11,15,20H,12-14,23H2,1H3/t15-/m1/s1. The van der Waals surface area contributed by atoms with Crippen LogP contribution in [0, 0.1) is 0 Å². The molecule has 2 heterocycles. The van der Waals surface area contributed by atoms with Gasteiger partial charge >= 0.3 is 0 Å². The molecule has 0 fully saturated rings. The zero-order valence-corrected chi connectivity index (χ0v) is 15.3. The Labute approximate surface area is 158 Å². The number of benzene rings is 2. The van der Waals surface area contributed by atoms with Crippen molar-refractivity contribution in [3.8, 4) is 0 Å². The molecule has 2 N–H and O–H groups in total. The van der Waals surface area contributed by atoms with Crippen molar-refractivity contribution in [2.45, 2.75) is 31.8 Å². The second-order valence-corrected chi connectivity index (χ2v) is 7.02. The van der Waals surface area contributed by atoms with Gasteiger partial charge in [0.25, 0.3) is 0 Å². The Kier molecular flexibility index (Phi) is 4.77. The van der Waals surface area contributed by atoms with E-state index >= 15 is 0 Å². The van der Waals surface area contributed by atoms with Crippen LogP contribution in [0.15, 0.2) is 65.2 Å². The molecular formula is C22H23N3O2. The molecule has 5 heteroatoms.